The molecule has 12 heteroatoms. The van der Waals surface area contributed by atoms with Crippen LogP contribution in [-0.4, -0.2) is 32.1 Å². The number of para-hydroxylation sites is 1. The molecule has 6 rings (SSSR count). The Morgan fingerprint density at radius 2 is 1.80 bits per heavy atom. The Labute approximate surface area is 245 Å². The van der Waals surface area contributed by atoms with Crippen LogP contribution >= 0.6 is 46.3 Å². The van der Waals surface area contributed by atoms with Crippen molar-refractivity contribution in [3.05, 3.63) is 111 Å². The van der Waals surface area contributed by atoms with Gasteiger partial charge in [0.1, 0.15) is 11.3 Å². The second-order valence-corrected chi connectivity index (χ2v) is 11.8. The maximum absolute atomic E-state index is 13.7. The molecule has 2 aromatic heterocycles. The first-order valence-corrected chi connectivity index (χ1v) is 14.3. The molecule has 200 valence electrons. The highest BCUT2D eigenvalue weighted by atomic mass is 35.5. The topological polar surface area (TPSA) is 117 Å². The van der Waals surface area contributed by atoms with E-state index in [0.717, 1.165) is 16.9 Å². The summed E-state index contributed by atoms with van der Waals surface area (Å²) in [6, 6.07) is 18.9. The molecular formula is C28H17Cl2N3O5S2. The van der Waals surface area contributed by atoms with Crippen molar-refractivity contribution in [3.63, 3.8) is 0 Å². The van der Waals surface area contributed by atoms with Gasteiger partial charge in [0.15, 0.2) is 15.9 Å². The normalized spacial score (nSPS) is 15.4. The van der Waals surface area contributed by atoms with Crippen molar-refractivity contribution in [2.45, 2.75) is 16.1 Å². The minimum atomic E-state index is -1.04. The molecule has 3 heterocycles. The van der Waals surface area contributed by atoms with E-state index >= 15 is 0 Å². The first kappa shape index (κ1) is 26.4. The van der Waals surface area contributed by atoms with Crippen LogP contribution in [0, 0.1) is 0 Å². The lowest BCUT2D eigenvalue weighted by atomic mass is 9.95. The Balaban J connectivity index is 1.35. The molecule has 0 spiro atoms. The number of fused-ring (bicyclic) bond motifs is 1. The summed E-state index contributed by atoms with van der Waals surface area (Å²) < 4.78 is 6.30. The summed E-state index contributed by atoms with van der Waals surface area (Å²) in [5.41, 5.74) is 1.67. The molecule has 0 saturated heterocycles. The number of hydrogen-bond acceptors (Lipinski definition) is 9. The van der Waals surface area contributed by atoms with Gasteiger partial charge >= 0.3 is 0 Å². The molecular weight excluding hydrogens is 593 g/mol. The minimum Gasteiger partial charge on any atom is -0.508 e. The van der Waals surface area contributed by atoms with Crippen LogP contribution in [0.15, 0.2) is 92.9 Å². The zero-order chi connectivity index (χ0) is 28.0. The van der Waals surface area contributed by atoms with Crippen molar-refractivity contribution in [2.24, 2.45) is 0 Å². The van der Waals surface area contributed by atoms with Crippen LogP contribution in [-0.2, 0) is 10.5 Å². The molecule has 0 bridgehead atoms. The van der Waals surface area contributed by atoms with Crippen molar-refractivity contribution in [2.75, 3.05) is 4.90 Å². The summed E-state index contributed by atoms with van der Waals surface area (Å²) in [6.45, 7) is 0. The molecule has 0 radical (unpaired) electrons. The van der Waals surface area contributed by atoms with Crippen LogP contribution < -0.4 is 4.90 Å². The number of aliphatic hydroxyl groups is 1. The fourth-order valence-electron chi connectivity index (χ4n) is 4.37. The Hall–Kier alpha value is -3.83. The van der Waals surface area contributed by atoms with E-state index in [1.807, 2.05) is 12.1 Å². The second kappa shape index (κ2) is 10.6. The maximum Gasteiger partial charge on any atom is 0.296 e. The van der Waals surface area contributed by atoms with E-state index in [-0.39, 0.29) is 22.2 Å². The Kier molecular flexibility index (Phi) is 7.01. The molecule has 2 N–H and O–H groups in total. The number of carbonyl (C=O) groups excluding carboxylic acids is 2. The lowest BCUT2D eigenvalue weighted by Crippen LogP contribution is -2.31. The number of phenols is 1. The van der Waals surface area contributed by atoms with E-state index in [9.17, 15) is 19.8 Å². The molecule has 40 heavy (non-hydrogen) atoms. The quantitative estimate of drug-likeness (QED) is 0.111. The predicted octanol–water partition coefficient (Wildman–Crippen LogP) is 7.37. The molecule has 3 aromatic carbocycles. The molecule has 1 aliphatic heterocycles. The smallest absolute Gasteiger partial charge is 0.296 e. The van der Waals surface area contributed by atoms with Crippen molar-refractivity contribution >= 4 is 74.1 Å². The zero-order valence-corrected chi connectivity index (χ0v) is 23.4. The number of aromatic hydroxyl groups is 1. The Bertz CT molecular complexity index is 1780. The third kappa shape index (κ3) is 4.84. The molecule has 1 unspecified atom stereocenters. The second-order valence-electron chi connectivity index (χ2n) is 8.78. The van der Waals surface area contributed by atoms with Gasteiger partial charge in [-0.1, -0.05) is 82.7 Å². The average molecular weight is 611 g/mol. The largest absolute Gasteiger partial charge is 0.508 e. The summed E-state index contributed by atoms with van der Waals surface area (Å²) >= 11 is 14.8. The van der Waals surface area contributed by atoms with Crippen LogP contribution in [0.25, 0.3) is 11.0 Å². The van der Waals surface area contributed by atoms with E-state index in [4.69, 9.17) is 27.6 Å². The van der Waals surface area contributed by atoms with E-state index in [0.29, 0.717) is 36.7 Å². The van der Waals surface area contributed by atoms with Gasteiger partial charge in [0.25, 0.3) is 5.91 Å². The highest BCUT2D eigenvalue weighted by molar-refractivity contribution is 8.00. The Morgan fingerprint density at radius 1 is 1.02 bits per heavy atom. The summed E-state index contributed by atoms with van der Waals surface area (Å²) in [5, 5.41) is 31.2. The van der Waals surface area contributed by atoms with Crippen LogP contribution in [0.5, 0.6) is 5.75 Å². The highest BCUT2D eigenvalue weighted by Crippen LogP contribution is 2.44. The van der Waals surface area contributed by atoms with Gasteiger partial charge in [0, 0.05) is 21.2 Å². The number of nitrogens with zero attached hydrogens (tertiary/aromatic N) is 3. The number of rotatable bonds is 7. The van der Waals surface area contributed by atoms with Crippen molar-refractivity contribution in [1.29, 1.82) is 0 Å². The lowest BCUT2D eigenvalue weighted by Gasteiger charge is -2.23. The third-order valence-electron chi connectivity index (χ3n) is 6.28. The molecule has 5 aromatic rings. The van der Waals surface area contributed by atoms with E-state index in [1.165, 1.54) is 28.8 Å². The fraction of sp³-hybridized carbons (Fsp3) is 0.0714. The first-order chi connectivity index (χ1) is 19.3. The Morgan fingerprint density at radius 3 is 2.55 bits per heavy atom. The van der Waals surface area contributed by atoms with E-state index in [1.54, 1.807) is 48.5 Å². The number of benzene rings is 3. The highest BCUT2D eigenvalue weighted by Gasteiger charge is 2.46. The predicted molar refractivity (Wildman–Crippen MR) is 154 cm³/mol. The number of carbonyl (C=O) groups is 2. The van der Waals surface area contributed by atoms with Gasteiger partial charge in [-0.2, -0.15) is 0 Å². The number of Topliss-reactive ketones (excluding diaryl/α,β-unsaturated/α-hetero) is 1. The SMILES string of the molecule is O=C(C1=C(O)C(=O)N(c2nnc(SCc3ccc(Cl)cc3Cl)s2)C1c1ccc(O)cc1)c1cc2ccccc2o1. The van der Waals surface area contributed by atoms with Gasteiger partial charge < -0.3 is 14.6 Å². The number of thioether (sulfide) groups is 1. The number of aliphatic hydroxyl groups excluding tert-OH is 1. The van der Waals surface area contributed by atoms with Crippen molar-refractivity contribution < 1.29 is 24.2 Å². The van der Waals surface area contributed by atoms with Gasteiger partial charge in [-0.25, -0.2) is 0 Å². The molecule has 0 aliphatic carbocycles. The fourth-order valence-corrected chi connectivity index (χ4v) is 6.80. The number of phenolic OH excluding ortho intramolecular Hbond substituents is 1. The number of halogens is 2. The summed E-state index contributed by atoms with van der Waals surface area (Å²) in [4.78, 5) is 28.4. The molecule has 1 aliphatic rings. The summed E-state index contributed by atoms with van der Waals surface area (Å²) in [5.74, 6) is -1.67. The van der Waals surface area contributed by atoms with E-state index in [2.05, 4.69) is 10.2 Å². The number of ketones is 1. The number of aromatic nitrogens is 2. The maximum atomic E-state index is 13.7. The summed E-state index contributed by atoms with van der Waals surface area (Å²) in [6.07, 6.45) is 0. The van der Waals surface area contributed by atoms with Gasteiger partial charge in [0.2, 0.25) is 10.9 Å². The number of anilines is 1. The molecule has 1 amide bonds. The standard InChI is InChI=1S/C28H17Cl2N3O5S2/c29-17-8-5-16(19(30)12-17)13-39-28-32-31-27(40-28)33-23(14-6-9-18(34)10-7-14)22(25(36)26(33)37)24(35)21-11-15-3-1-2-4-20(15)38-21/h1-12,23,34,36H,13H2. The molecule has 8 nitrogen and oxygen atoms in total. The van der Waals surface area contributed by atoms with Gasteiger partial charge in [-0.3, -0.25) is 14.5 Å². The zero-order valence-electron chi connectivity index (χ0n) is 20.2. The number of amides is 1. The van der Waals surface area contributed by atoms with Crippen molar-refractivity contribution in [3.8, 4) is 5.75 Å². The van der Waals surface area contributed by atoms with Gasteiger partial charge in [-0.15, -0.1) is 10.2 Å². The van der Waals surface area contributed by atoms with Gasteiger partial charge in [0.05, 0.1) is 11.6 Å². The lowest BCUT2D eigenvalue weighted by molar-refractivity contribution is -0.117. The van der Waals surface area contributed by atoms with Crippen LogP contribution in [0.3, 0.4) is 0 Å². The summed E-state index contributed by atoms with van der Waals surface area (Å²) in [7, 11) is 0. The van der Waals surface area contributed by atoms with E-state index < -0.39 is 23.5 Å². The molecule has 1 atom stereocenters. The van der Waals surface area contributed by atoms with Crippen LogP contribution in [0.4, 0.5) is 5.13 Å². The minimum absolute atomic E-state index is 0.00782. The first-order valence-electron chi connectivity index (χ1n) is 11.8. The van der Waals surface area contributed by atoms with Crippen molar-refractivity contribution in [1.82, 2.24) is 10.2 Å². The van der Waals surface area contributed by atoms with Gasteiger partial charge in [-0.05, 0) is 47.5 Å². The molecule has 0 saturated carbocycles. The number of furan rings is 1. The molecule has 0 fully saturated rings. The monoisotopic (exact) mass is 609 g/mol. The van der Waals surface area contributed by atoms with Crippen LogP contribution in [0.2, 0.25) is 10.0 Å². The average Bonchev–Trinajstić information content (AvgIpc) is 3.65. The third-order valence-corrected chi connectivity index (χ3v) is 8.97. The number of hydrogen-bond donors (Lipinski definition) is 2. The van der Waals surface area contributed by atoms with Crippen LogP contribution in [0.1, 0.15) is 27.7 Å².